The quantitative estimate of drug-likeness (QED) is 0.663. The van der Waals surface area contributed by atoms with Gasteiger partial charge >= 0.3 is 6.03 Å². The third-order valence-electron chi connectivity index (χ3n) is 6.93. The number of nitrogens with zero attached hydrogens (tertiary/aromatic N) is 4. The van der Waals surface area contributed by atoms with Gasteiger partial charge in [0, 0.05) is 42.9 Å². The summed E-state index contributed by atoms with van der Waals surface area (Å²) in [6, 6.07) is 11.3. The number of rotatable bonds is 8. The van der Waals surface area contributed by atoms with E-state index < -0.39 is 0 Å². The fraction of sp³-hybridized carbons (Fsp3) is 0.500. The van der Waals surface area contributed by atoms with Crippen molar-refractivity contribution in [2.45, 2.75) is 45.6 Å². The Morgan fingerprint density at radius 1 is 1.18 bits per heavy atom. The van der Waals surface area contributed by atoms with Crippen molar-refractivity contribution in [2.75, 3.05) is 44.2 Å². The summed E-state index contributed by atoms with van der Waals surface area (Å²) in [5, 5.41) is 3.10. The van der Waals surface area contributed by atoms with Crippen LogP contribution in [0.2, 0.25) is 0 Å². The molecule has 2 aliphatic heterocycles. The summed E-state index contributed by atoms with van der Waals surface area (Å²) >= 11 is 0. The topological polar surface area (TPSA) is 68.8 Å². The molecule has 4 rings (SSSR count). The summed E-state index contributed by atoms with van der Waals surface area (Å²) in [5.41, 5.74) is 1.92. The lowest BCUT2D eigenvalue weighted by Crippen LogP contribution is -2.43. The molecule has 7 heteroatoms. The second-order valence-corrected chi connectivity index (χ2v) is 8.82. The molecule has 7 nitrogen and oxygen atoms in total. The molecule has 2 aromatic rings. The Hall–Kier alpha value is -2.77. The maximum Gasteiger partial charge on any atom is 0.327 e. The van der Waals surface area contributed by atoms with Crippen LogP contribution in [0.1, 0.15) is 49.0 Å². The van der Waals surface area contributed by atoms with Gasteiger partial charge in [0.15, 0.2) is 5.78 Å². The highest BCUT2D eigenvalue weighted by molar-refractivity contribution is 6.11. The zero-order valence-corrected chi connectivity index (χ0v) is 19.8. The summed E-state index contributed by atoms with van der Waals surface area (Å²) in [6.45, 7) is 10.2. The van der Waals surface area contributed by atoms with Gasteiger partial charge in [0.25, 0.3) is 0 Å². The fourth-order valence-electron chi connectivity index (χ4n) is 5.04. The normalized spacial score (nSPS) is 18.2. The van der Waals surface area contributed by atoms with E-state index in [0.717, 1.165) is 38.3 Å². The number of urea groups is 1. The number of Topliss-reactive ketones (excluding diaryl/α,β-unsaturated/α-hetero) is 1. The maximum absolute atomic E-state index is 13.4. The number of benzene rings is 1. The van der Waals surface area contributed by atoms with Crippen molar-refractivity contribution in [3.05, 3.63) is 53.7 Å². The molecule has 1 N–H and O–H groups in total. The van der Waals surface area contributed by atoms with Crippen LogP contribution in [0, 0.1) is 0 Å². The number of amides is 2. The van der Waals surface area contributed by atoms with Gasteiger partial charge in [-0.15, -0.1) is 0 Å². The SMILES string of the molecule is CCN(CC)CCC1CCCN1CCNC(=O)N1c2ccccc2C(=O)Cc2cccnc21. The minimum atomic E-state index is -0.240. The number of ketones is 1. The molecule has 0 aliphatic carbocycles. The predicted molar refractivity (Wildman–Crippen MR) is 131 cm³/mol. The molecule has 1 unspecified atom stereocenters. The molecule has 1 fully saturated rings. The highest BCUT2D eigenvalue weighted by Gasteiger charge is 2.30. The molecule has 0 spiro atoms. The number of hydrogen-bond donors (Lipinski definition) is 1. The third kappa shape index (κ3) is 5.25. The maximum atomic E-state index is 13.4. The molecule has 2 amide bonds. The number of fused-ring (bicyclic) bond motifs is 2. The van der Waals surface area contributed by atoms with Gasteiger partial charge in [-0.2, -0.15) is 0 Å². The molecule has 1 aromatic heterocycles. The monoisotopic (exact) mass is 449 g/mol. The number of carbonyl (C=O) groups excluding carboxylic acids is 2. The summed E-state index contributed by atoms with van der Waals surface area (Å²) < 4.78 is 0. The van der Waals surface area contributed by atoms with E-state index in [1.807, 2.05) is 30.3 Å². The van der Waals surface area contributed by atoms with Crippen LogP contribution in [0.3, 0.4) is 0 Å². The van der Waals surface area contributed by atoms with Crippen molar-refractivity contribution >= 4 is 23.3 Å². The average molecular weight is 450 g/mol. The molecule has 0 radical (unpaired) electrons. The molecule has 176 valence electrons. The minimum Gasteiger partial charge on any atom is -0.336 e. The van der Waals surface area contributed by atoms with Gasteiger partial charge in [0.2, 0.25) is 0 Å². The van der Waals surface area contributed by atoms with Gasteiger partial charge < -0.3 is 10.2 Å². The number of hydrogen-bond acceptors (Lipinski definition) is 5. The number of para-hydroxylation sites is 1. The molecule has 3 heterocycles. The van der Waals surface area contributed by atoms with E-state index in [4.69, 9.17) is 0 Å². The van der Waals surface area contributed by atoms with E-state index in [0.29, 0.717) is 29.7 Å². The second kappa shape index (κ2) is 10.9. The molecule has 0 saturated carbocycles. The highest BCUT2D eigenvalue weighted by Crippen LogP contribution is 2.34. The largest absolute Gasteiger partial charge is 0.336 e. The van der Waals surface area contributed by atoms with Crippen molar-refractivity contribution in [3.63, 3.8) is 0 Å². The van der Waals surface area contributed by atoms with E-state index >= 15 is 0 Å². The van der Waals surface area contributed by atoms with Crippen LogP contribution in [0.5, 0.6) is 0 Å². The second-order valence-electron chi connectivity index (χ2n) is 8.82. The third-order valence-corrected chi connectivity index (χ3v) is 6.93. The van der Waals surface area contributed by atoms with Crippen LogP contribution in [0.15, 0.2) is 42.6 Å². The molecule has 1 aromatic carbocycles. The van der Waals surface area contributed by atoms with E-state index in [2.05, 4.69) is 33.9 Å². The number of carbonyl (C=O) groups is 2. The Kier molecular flexibility index (Phi) is 7.73. The van der Waals surface area contributed by atoms with E-state index in [-0.39, 0.29) is 18.2 Å². The summed E-state index contributed by atoms with van der Waals surface area (Å²) in [7, 11) is 0. The lowest BCUT2D eigenvalue weighted by Gasteiger charge is -2.28. The summed E-state index contributed by atoms with van der Waals surface area (Å²) in [4.78, 5) is 37.2. The van der Waals surface area contributed by atoms with Crippen LogP contribution in [0.4, 0.5) is 16.3 Å². The zero-order valence-electron chi connectivity index (χ0n) is 19.8. The van der Waals surface area contributed by atoms with Crippen molar-refractivity contribution in [1.82, 2.24) is 20.1 Å². The summed E-state index contributed by atoms with van der Waals surface area (Å²) in [5.74, 6) is 0.537. The standard InChI is InChI=1S/C26H35N5O2/c1-3-29(4-2)17-13-21-10-8-16-30(21)18-15-28-26(33)31-23-12-6-5-11-22(23)24(32)19-20-9-7-14-27-25(20)31/h5-7,9,11-12,14,21H,3-4,8,10,13,15-19H2,1-2H3,(H,28,33). The van der Waals surface area contributed by atoms with Gasteiger partial charge in [0.1, 0.15) is 5.82 Å². The zero-order chi connectivity index (χ0) is 23.2. The van der Waals surface area contributed by atoms with Gasteiger partial charge in [-0.1, -0.05) is 32.0 Å². The van der Waals surface area contributed by atoms with Crippen molar-refractivity contribution in [1.29, 1.82) is 0 Å². The molecule has 2 aliphatic rings. The first-order valence-corrected chi connectivity index (χ1v) is 12.2. The van der Waals surface area contributed by atoms with Crippen LogP contribution >= 0.6 is 0 Å². The Morgan fingerprint density at radius 3 is 2.82 bits per heavy atom. The molecular formula is C26H35N5O2. The van der Waals surface area contributed by atoms with Crippen LogP contribution in [-0.2, 0) is 6.42 Å². The van der Waals surface area contributed by atoms with Crippen molar-refractivity contribution < 1.29 is 9.59 Å². The molecular weight excluding hydrogens is 414 g/mol. The number of nitrogens with one attached hydrogen (secondary N) is 1. The van der Waals surface area contributed by atoms with Crippen molar-refractivity contribution in [2.24, 2.45) is 0 Å². The van der Waals surface area contributed by atoms with E-state index in [1.54, 1.807) is 17.2 Å². The Bertz CT molecular complexity index is 975. The number of anilines is 2. The smallest absolute Gasteiger partial charge is 0.327 e. The van der Waals surface area contributed by atoms with Crippen LogP contribution in [0.25, 0.3) is 0 Å². The van der Waals surface area contributed by atoms with Gasteiger partial charge in [-0.05, 0) is 63.6 Å². The highest BCUT2D eigenvalue weighted by atomic mass is 16.2. The lowest BCUT2D eigenvalue weighted by molar-refractivity contribution is 0.0994. The minimum absolute atomic E-state index is 0.00302. The first-order chi connectivity index (χ1) is 16.1. The number of likely N-dealkylation sites (tertiary alicyclic amines) is 1. The first-order valence-electron chi connectivity index (χ1n) is 12.2. The Labute approximate surface area is 196 Å². The van der Waals surface area contributed by atoms with Gasteiger partial charge in [-0.3, -0.25) is 9.69 Å². The van der Waals surface area contributed by atoms with Crippen LogP contribution in [-0.4, -0.2) is 71.9 Å². The molecule has 0 bridgehead atoms. The molecule has 1 atom stereocenters. The Morgan fingerprint density at radius 2 is 2.00 bits per heavy atom. The van der Waals surface area contributed by atoms with Gasteiger partial charge in [-0.25, -0.2) is 14.7 Å². The van der Waals surface area contributed by atoms with Crippen molar-refractivity contribution in [3.8, 4) is 0 Å². The number of pyridine rings is 1. The van der Waals surface area contributed by atoms with E-state index in [9.17, 15) is 9.59 Å². The van der Waals surface area contributed by atoms with E-state index in [1.165, 1.54) is 19.3 Å². The fourth-order valence-corrected chi connectivity index (χ4v) is 5.04. The number of aromatic nitrogens is 1. The van der Waals surface area contributed by atoms with Crippen LogP contribution < -0.4 is 10.2 Å². The predicted octanol–water partition coefficient (Wildman–Crippen LogP) is 3.86. The van der Waals surface area contributed by atoms with Gasteiger partial charge in [0.05, 0.1) is 5.69 Å². The average Bonchev–Trinajstić information content (AvgIpc) is 3.23. The summed E-state index contributed by atoms with van der Waals surface area (Å²) in [6.07, 6.45) is 5.53. The lowest BCUT2D eigenvalue weighted by atomic mass is 10.0. The first kappa shape index (κ1) is 23.4. The molecule has 33 heavy (non-hydrogen) atoms. The Balaban J connectivity index is 1.42. The molecule has 1 saturated heterocycles.